The predicted octanol–water partition coefficient (Wildman–Crippen LogP) is 8.95. The Labute approximate surface area is 381 Å². The van der Waals surface area contributed by atoms with Crippen molar-refractivity contribution in [2.75, 3.05) is 154 Å². The molecule has 0 radical (unpaired) electrons. The molecule has 0 heterocycles. The van der Waals surface area contributed by atoms with Crippen LogP contribution >= 0.6 is 69.6 Å². The Morgan fingerprint density at radius 1 is 0.217 bits per heavy atom. The van der Waals surface area contributed by atoms with E-state index in [0.717, 1.165) is 32.3 Å². The van der Waals surface area contributed by atoms with Crippen LogP contribution in [0.3, 0.4) is 0 Å². The summed E-state index contributed by atoms with van der Waals surface area (Å²) in [6.07, 6.45) is 0. The molecule has 0 aliphatic rings. The Bertz CT molecular complexity index is 1450. The average Bonchev–Trinajstić information content (AvgIpc) is 3.26. The molecule has 4 rings (SSSR count). The second-order valence-electron chi connectivity index (χ2n) is 12.4. The third kappa shape index (κ3) is 16.9. The summed E-state index contributed by atoms with van der Waals surface area (Å²) in [5.41, 5.74) is 0. The zero-order valence-corrected chi connectivity index (χ0v) is 38.1. The zero-order chi connectivity index (χ0) is 42.6. The highest BCUT2D eigenvalue weighted by Gasteiger charge is 2.21. The van der Waals surface area contributed by atoms with E-state index < -0.39 is 0 Å². The highest BCUT2D eigenvalue weighted by Crippen LogP contribution is 2.47. The van der Waals surface area contributed by atoms with E-state index in [-0.39, 0.29) is 39.6 Å². The van der Waals surface area contributed by atoms with Gasteiger partial charge in [-0.25, -0.2) is 0 Å². The first-order chi connectivity index (χ1) is 29.6. The van der Waals surface area contributed by atoms with Crippen molar-refractivity contribution in [3.8, 4) is 34.5 Å². The van der Waals surface area contributed by atoms with Gasteiger partial charge in [-0.3, -0.25) is 0 Å². The monoisotopic (exact) mass is 960 g/mol. The number of benzene rings is 4. The van der Waals surface area contributed by atoms with Gasteiger partial charge in [-0.1, -0.05) is 0 Å². The molecule has 0 saturated carbocycles. The quantitative estimate of drug-likeness (QED) is 0.0247. The van der Waals surface area contributed by atoms with Crippen molar-refractivity contribution in [3.63, 3.8) is 0 Å². The van der Waals surface area contributed by atoms with Crippen molar-refractivity contribution < 1.29 is 56.8 Å². The smallest absolute Gasteiger partial charge is 0.161 e. The van der Waals surface area contributed by atoms with E-state index >= 15 is 0 Å². The second kappa shape index (κ2) is 30.9. The molecule has 4 aromatic rings. The first kappa shape index (κ1) is 50.6. The molecule has 0 fully saturated rings. The van der Waals surface area contributed by atoms with Gasteiger partial charge in [0.2, 0.25) is 0 Å². The van der Waals surface area contributed by atoms with E-state index in [9.17, 15) is 0 Å². The number of rotatable bonds is 36. The lowest BCUT2D eigenvalue weighted by molar-refractivity contribution is 0.101. The van der Waals surface area contributed by atoms with Crippen LogP contribution in [-0.4, -0.2) is 154 Å². The molecule has 0 aromatic heterocycles. The molecule has 0 aliphatic heterocycles. The Morgan fingerprint density at radius 3 is 0.500 bits per heavy atom. The third-order valence-corrected chi connectivity index (χ3v) is 9.29. The molecule has 0 bridgehead atoms. The van der Waals surface area contributed by atoms with E-state index in [1.165, 1.54) is 0 Å². The fourth-order valence-corrected chi connectivity index (χ4v) is 6.55. The molecule has 60 heavy (non-hydrogen) atoms. The maximum Gasteiger partial charge on any atom is 0.161 e. The standard InChI is InChI=1S/C42H54Cl6O12/c43-1-7-49-13-19-55-37-25-31-32(26-38(37)56-20-14-50-8-2-44)34-28-40(58-22-16-52-10-4-46)42(60-24-18-54-12-6-48)30-36(34)35-29-41(59-23-17-53-11-5-47)39(27-33(31)35)57-21-15-51-9-3-45/h25-30H,1-24H2. The highest BCUT2D eigenvalue weighted by molar-refractivity contribution is 6.27. The van der Waals surface area contributed by atoms with Crippen molar-refractivity contribution >= 4 is 102 Å². The molecule has 0 spiro atoms. The number of fused-ring (bicyclic) bond motifs is 6. The van der Waals surface area contributed by atoms with Crippen LogP contribution in [0.1, 0.15) is 0 Å². The summed E-state index contributed by atoms with van der Waals surface area (Å²) >= 11 is 35.0. The van der Waals surface area contributed by atoms with Crippen molar-refractivity contribution in [3.05, 3.63) is 36.4 Å². The summed E-state index contributed by atoms with van der Waals surface area (Å²) in [5, 5.41) is 5.08. The SMILES string of the molecule is ClCCOCCOc1cc2c3cc(OCCOCCCl)c(OCCOCCCl)cc3c3cc(OCCOCCCl)c(OCCOCCCl)cc3c2cc1OCCOCCCl. The Hall–Kier alpha value is -2.04. The molecule has 0 saturated heterocycles. The Balaban J connectivity index is 1.95. The molecular weight excluding hydrogens is 909 g/mol. The summed E-state index contributed by atoms with van der Waals surface area (Å²) in [4.78, 5) is 0. The number of hydrogen-bond acceptors (Lipinski definition) is 12. The van der Waals surface area contributed by atoms with Crippen molar-refractivity contribution in [1.82, 2.24) is 0 Å². The van der Waals surface area contributed by atoms with Crippen LogP contribution in [0.25, 0.3) is 32.3 Å². The van der Waals surface area contributed by atoms with Crippen LogP contribution in [0, 0.1) is 0 Å². The Kier molecular flexibility index (Phi) is 26.1. The maximum absolute atomic E-state index is 6.32. The van der Waals surface area contributed by atoms with Gasteiger partial charge in [-0.2, -0.15) is 0 Å². The molecule has 336 valence electrons. The van der Waals surface area contributed by atoms with Crippen LogP contribution in [0.5, 0.6) is 34.5 Å². The van der Waals surface area contributed by atoms with E-state index in [1.807, 2.05) is 36.4 Å². The number of alkyl halides is 6. The predicted molar refractivity (Wildman–Crippen MR) is 241 cm³/mol. The summed E-state index contributed by atoms with van der Waals surface area (Å²) in [5.74, 6) is 5.31. The van der Waals surface area contributed by atoms with Gasteiger partial charge >= 0.3 is 0 Å². The molecule has 0 aliphatic carbocycles. The van der Waals surface area contributed by atoms with Crippen molar-refractivity contribution in [1.29, 1.82) is 0 Å². The summed E-state index contributed by atoms with van der Waals surface area (Å²) < 4.78 is 71.6. The number of ether oxygens (including phenoxy) is 12. The average molecular weight is 964 g/mol. The maximum atomic E-state index is 6.32. The number of hydrogen-bond donors (Lipinski definition) is 0. The lowest BCUT2D eigenvalue weighted by Gasteiger charge is -2.20. The first-order valence-corrected chi connectivity index (χ1v) is 22.9. The molecule has 0 N–H and O–H groups in total. The minimum Gasteiger partial charge on any atom is -0.487 e. The van der Waals surface area contributed by atoms with E-state index in [2.05, 4.69) is 0 Å². The van der Waals surface area contributed by atoms with Crippen LogP contribution in [0.2, 0.25) is 0 Å². The molecule has 0 unspecified atom stereocenters. The van der Waals surface area contributed by atoms with Crippen molar-refractivity contribution in [2.45, 2.75) is 0 Å². The fourth-order valence-electron chi connectivity index (χ4n) is 5.90. The van der Waals surface area contributed by atoms with Crippen LogP contribution in [-0.2, 0) is 28.4 Å². The molecule has 4 aromatic carbocycles. The van der Waals surface area contributed by atoms with Gasteiger partial charge in [-0.05, 0) is 68.7 Å². The molecule has 0 atom stereocenters. The lowest BCUT2D eigenvalue weighted by Crippen LogP contribution is -2.12. The summed E-state index contributed by atoms with van der Waals surface area (Å²) in [6.45, 7) is 5.92. The van der Waals surface area contributed by atoms with Crippen LogP contribution in [0.15, 0.2) is 36.4 Å². The lowest BCUT2D eigenvalue weighted by atomic mass is 9.93. The minimum atomic E-state index is 0.256. The topological polar surface area (TPSA) is 111 Å². The highest BCUT2D eigenvalue weighted by atomic mass is 35.5. The van der Waals surface area contributed by atoms with Crippen molar-refractivity contribution in [2.24, 2.45) is 0 Å². The largest absolute Gasteiger partial charge is 0.487 e. The molecule has 12 nitrogen and oxygen atoms in total. The summed E-state index contributed by atoms with van der Waals surface area (Å²) in [7, 11) is 0. The van der Waals surface area contributed by atoms with Gasteiger partial charge in [0, 0.05) is 35.3 Å². The first-order valence-electron chi connectivity index (χ1n) is 19.7. The fraction of sp³-hybridized carbons (Fsp3) is 0.571. The van der Waals surface area contributed by atoms with Crippen LogP contribution in [0.4, 0.5) is 0 Å². The Morgan fingerprint density at radius 2 is 0.367 bits per heavy atom. The third-order valence-electron chi connectivity index (χ3n) is 8.36. The van der Waals surface area contributed by atoms with Gasteiger partial charge in [0.05, 0.1) is 79.3 Å². The zero-order valence-electron chi connectivity index (χ0n) is 33.6. The molecule has 18 heteroatoms. The molecular formula is C42H54Cl6O12. The van der Waals surface area contributed by atoms with Gasteiger partial charge in [0.15, 0.2) is 34.5 Å². The summed E-state index contributed by atoms with van der Waals surface area (Å²) in [6, 6.07) is 11.8. The van der Waals surface area contributed by atoms with Gasteiger partial charge in [-0.15, -0.1) is 69.6 Å². The minimum absolute atomic E-state index is 0.256. The molecule has 0 amide bonds. The van der Waals surface area contributed by atoms with Gasteiger partial charge in [0.1, 0.15) is 39.6 Å². The normalized spacial score (nSPS) is 11.5. The van der Waals surface area contributed by atoms with Gasteiger partial charge < -0.3 is 56.8 Å². The van der Waals surface area contributed by atoms with E-state index in [1.54, 1.807) is 0 Å². The van der Waals surface area contributed by atoms with E-state index in [0.29, 0.717) is 149 Å². The van der Waals surface area contributed by atoms with Crippen LogP contribution < -0.4 is 28.4 Å². The van der Waals surface area contributed by atoms with E-state index in [4.69, 9.17) is 126 Å². The second-order valence-corrected chi connectivity index (χ2v) is 14.7. The van der Waals surface area contributed by atoms with Gasteiger partial charge in [0.25, 0.3) is 0 Å². The number of halogens is 6.